The molecule has 1 aromatic rings. The molecule has 0 spiro atoms. The van der Waals surface area contributed by atoms with Crippen molar-refractivity contribution >= 4 is 17.8 Å². The second kappa shape index (κ2) is 6.25. The number of nitrogens with zero attached hydrogens (tertiary/aromatic N) is 3. The number of aromatic nitrogens is 1. The molecular weight excluding hydrogens is 242 g/mol. The molecular formula is C14H22N3S+. The van der Waals surface area contributed by atoms with E-state index in [1.807, 2.05) is 11.8 Å². The number of likely N-dealkylation sites (N-methyl/N-ethyl adjacent to an activating group) is 1. The first-order valence-electron chi connectivity index (χ1n) is 6.34. The minimum Gasteiger partial charge on any atom is -0.364 e. The summed E-state index contributed by atoms with van der Waals surface area (Å²) in [5.41, 5.74) is 1.25. The van der Waals surface area contributed by atoms with Crippen LogP contribution in [0.1, 0.15) is 5.69 Å². The van der Waals surface area contributed by atoms with Crippen LogP contribution in [0.5, 0.6) is 0 Å². The number of pyridine rings is 1. The molecule has 0 aromatic carbocycles. The monoisotopic (exact) mass is 264 g/mol. The highest BCUT2D eigenvalue weighted by molar-refractivity contribution is 8.02. The zero-order chi connectivity index (χ0) is 13.0. The fraction of sp³-hybridized carbons (Fsp3) is 0.500. The lowest BCUT2D eigenvalue weighted by molar-refractivity contribution is -0.673. The van der Waals surface area contributed by atoms with Crippen molar-refractivity contribution in [2.45, 2.75) is 0 Å². The summed E-state index contributed by atoms with van der Waals surface area (Å²) < 4.78 is 2.16. The largest absolute Gasteiger partial charge is 0.364 e. The van der Waals surface area contributed by atoms with Crippen LogP contribution < -0.4 is 4.57 Å². The van der Waals surface area contributed by atoms with Gasteiger partial charge in [0.05, 0.1) is 5.03 Å². The van der Waals surface area contributed by atoms with Gasteiger partial charge in [-0.05, 0) is 19.4 Å². The molecule has 0 unspecified atom stereocenters. The highest BCUT2D eigenvalue weighted by atomic mass is 32.2. The number of hydrogen-bond donors (Lipinski definition) is 0. The minimum atomic E-state index is 1.12. The molecule has 2 heterocycles. The molecule has 0 atom stereocenters. The normalized spacial score (nSPS) is 18.2. The zero-order valence-corrected chi connectivity index (χ0v) is 12.3. The molecule has 0 N–H and O–H groups in total. The molecule has 2 rings (SSSR count). The van der Waals surface area contributed by atoms with Crippen molar-refractivity contribution in [1.82, 2.24) is 9.80 Å². The first kappa shape index (κ1) is 13.4. The SMILES string of the molecule is CS/C(=C\c1cccc[n+]1C)N1CCN(C)CC1. The number of thioether (sulfide) groups is 1. The molecule has 1 saturated heterocycles. The lowest BCUT2D eigenvalue weighted by atomic mass is 10.3. The van der Waals surface area contributed by atoms with E-state index in [9.17, 15) is 0 Å². The highest BCUT2D eigenvalue weighted by Gasteiger charge is 2.16. The molecule has 1 fully saturated rings. The lowest BCUT2D eigenvalue weighted by Crippen LogP contribution is -2.43. The fourth-order valence-electron chi connectivity index (χ4n) is 2.12. The second-order valence-electron chi connectivity index (χ2n) is 4.71. The third-order valence-corrected chi connectivity index (χ3v) is 4.18. The predicted molar refractivity (Wildman–Crippen MR) is 78.2 cm³/mol. The van der Waals surface area contributed by atoms with E-state index in [0.717, 1.165) is 26.2 Å². The van der Waals surface area contributed by atoms with Gasteiger partial charge >= 0.3 is 0 Å². The van der Waals surface area contributed by atoms with Gasteiger partial charge in [-0.2, -0.15) is 0 Å². The van der Waals surface area contributed by atoms with Crippen LogP contribution in [0.3, 0.4) is 0 Å². The van der Waals surface area contributed by atoms with Gasteiger partial charge in [0, 0.05) is 44.4 Å². The minimum absolute atomic E-state index is 1.12. The Morgan fingerprint density at radius 2 is 2.00 bits per heavy atom. The maximum Gasteiger partial charge on any atom is 0.207 e. The lowest BCUT2D eigenvalue weighted by Gasteiger charge is -2.34. The van der Waals surface area contributed by atoms with Gasteiger partial charge in [-0.1, -0.05) is 0 Å². The molecule has 0 aliphatic carbocycles. The first-order valence-corrected chi connectivity index (χ1v) is 7.57. The summed E-state index contributed by atoms with van der Waals surface area (Å²) in [4.78, 5) is 4.87. The van der Waals surface area contributed by atoms with Gasteiger partial charge in [0.2, 0.25) is 5.69 Å². The van der Waals surface area contributed by atoms with Crippen LogP contribution in [0.25, 0.3) is 6.08 Å². The molecule has 0 saturated carbocycles. The molecule has 1 aromatic heterocycles. The van der Waals surface area contributed by atoms with E-state index < -0.39 is 0 Å². The maximum atomic E-state index is 2.48. The van der Waals surface area contributed by atoms with Crippen LogP contribution in [0.4, 0.5) is 0 Å². The van der Waals surface area contributed by atoms with Gasteiger partial charge in [-0.15, -0.1) is 11.8 Å². The van der Waals surface area contributed by atoms with Crippen molar-refractivity contribution in [3.8, 4) is 0 Å². The Balaban J connectivity index is 2.15. The molecule has 1 aliphatic heterocycles. The molecule has 0 amide bonds. The summed E-state index contributed by atoms with van der Waals surface area (Å²) in [6.07, 6.45) is 6.54. The van der Waals surface area contributed by atoms with Crippen LogP contribution >= 0.6 is 11.8 Å². The summed E-state index contributed by atoms with van der Waals surface area (Å²) in [5, 5.41) is 1.37. The standard InChI is InChI=1S/C14H22N3S/c1-15-8-10-17(11-9-15)14(18-3)12-13-6-4-5-7-16(13)2/h4-7,12H,8-11H2,1-3H3/q+1. The Labute approximate surface area is 114 Å². The summed E-state index contributed by atoms with van der Waals surface area (Å²) in [5.74, 6) is 0. The molecule has 3 nitrogen and oxygen atoms in total. The van der Waals surface area contributed by atoms with Crippen molar-refractivity contribution in [3.63, 3.8) is 0 Å². The van der Waals surface area contributed by atoms with E-state index in [1.165, 1.54) is 10.7 Å². The van der Waals surface area contributed by atoms with Crippen LogP contribution in [0.2, 0.25) is 0 Å². The van der Waals surface area contributed by atoms with E-state index in [0.29, 0.717) is 0 Å². The average Bonchev–Trinajstić information content (AvgIpc) is 2.39. The van der Waals surface area contributed by atoms with E-state index in [1.54, 1.807) is 0 Å². The van der Waals surface area contributed by atoms with E-state index in [-0.39, 0.29) is 0 Å². The third-order valence-electron chi connectivity index (χ3n) is 3.39. The fourth-order valence-corrected chi connectivity index (χ4v) is 2.80. The number of hydrogen-bond acceptors (Lipinski definition) is 3. The Morgan fingerprint density at radius 3 is 2.61 bits per heavy atom. The molecule has 98 valence electrons. The van der Waals surface area contributed by atoms with Gasteiger partial charge in [-0.25, -0.2) is 4.57 Å². The Bertz CT molecular complexity index is 423. The van der Waals surface area contributed by atoms with Gasteiger partial charge in [-0.3, -0.25) is 0 Å². The molecule has 4 heteroatoms. The van der Waals surface area contributed by atoms with Crippen LogP contribution in [0.15, 0.2) is 29.4 Å². The highest BCUT2D eigenvalue weighted by Crippen LogP contribution is 2.21. The maximum absolute atomic E-state index is 2.48. The van der Waals surface area contributed by atoms with Crippen molar-refractivity contribution in [2.24, 2.45) is 7.05 Å². The molecule has 18 heavy (non-hydrogen) atoms. The second-order valence-corrected chi connectivity index (χ2v) is 5.54. The molecule has 0 radical (unpaired) electrons. The van der Waals surface area contributed by atoms with E-state index >= 15 is 0 Å². The van der Waals surface area contributed by atoms with Crippen LogP contribution in [-0.4, -0.2) is 49.3 Å². The number of rotatable bonds is 3. The summed E-state index contributed by atoms with van der Waals surface area (Å²) in [7, 11) is 4.28. The Morgan fingerprint density at radius 1 is 1.28 bits per heavy atom. The van der Waals surface area contributed by atoms with E-state index in [4.69, 9.17) is 0 Å². The smallest absolute Gasteiger partial charge is 0.207 e. The topological polar surface area (TPSA) is 10.4 Å². The average molecular weight is 264 g/mol. The zero-order valence-electron chi connectivity index (χ0n) is 11.5. The Kier molecular flexibility index (Phi) is 4.66. The first-order chi connectivity index (χ1) is 8.70. The van der Waals surface area contributed by atoms with Gasteiger partial charge < -0.3 is 9.80 Å². The summed E-state index contributed by atoms with van der Waals surface area (Å²) in [6.45, 7) is 4.55. The van der Waals surface area contributed by atoms with Crippen LogP contribution in [0, 0.1) is 0 Å². The number of piperazine rings is 1. The Hall–Kier alpha value is -1.00. The predicted octanol–water partition coefficient (Wildman–Crippen LogP) is 1.42. The number of aryl methyl sites for hydroxylation is 1. The van der Waals surface area contributed by atoms with Gasteiger partial charge in [0.25, 0.3) is 0 Å². The van der Waals surface area contributed by atoms with Crippen LogP contribution in [-0.2, 0) is 7.05 Å². The summed E-state index contributed by atoms with van der Waals surface area (Å²) in [6, 6.07) is 6.31. The van der Waals surface area contributed by atoms with Gasteiger partial charge in [0.1, 0.15) is 7.05 Å². The van der Waals surface area contributed by atoms with Gasteiger partial charge in [0.15, 0.2) is 6.20 Å². The summed E-state index contributed by atoms with van der Waals surface area (Å²) >= 11 is 1.84. The van der Waals surface area contributed by atoms with Crippen molar-refractivity contribution in [2.75, 3.05) is 39.5 Å². The van der Waals surface area contributed by atoms with E-state index in [2.05, 4.69) is 65.2 Å². The van der Waals surface area contributed by atoms with Crippen molar-refractivity contribution in [3.05, 3.63) is 35.1 Å². The van der Waals surface area contributed by atoms with Crippen molar-refractivity contribution in [1.29, 1.82) is 0 Å². The quantitative estimate of drug-likeness (QED) is 0.765. The molecule has 0 bridgehead atoms. The molecule has 1 aliphatic rings. The van der Waals surface area contributed by atoms with Crippen molar-refractivity contribution < 1.29 is 4.57 Å². The third kappa shape index (κ3) is 3.27.